The molecule has 14 nitrogen and oxygen atoms in total. The summed E-state index contributed by atoms with van der Waals surface area (Å²) in [6.07, 6.45) is 0.0899. The highest BCUT2D eigenvalue weighted by molar-refractivity contribution is 5.94. The highest BCUT2D eigenvalue weighted by atomic mass is 16.4. The number of carbonyl (C=O) groups is 6. The maximum atomic E-state index is 12.9. The van der Waals surface area contributed by atoms with Crippen molar-refractivity contribution in [2.24, 2.45) is 5.73 Å². The molecule has 1 heterocycles. The van der Waals surface area contributed by atoms with Crippen molar-refractivity contribution in [1.82, 2.24) is 20.9 Å². The molecule has 1 aromatic heterocycles. The number of hydrogen-bond acceptors (Lipinski definition) is 7. The molecule has 3 amide bonds. The number of nitrogens with one attached hydrogen (secondary N) is 4. The van der Waals surface area contributed by atoms with Crippen molar-refractivity contribution in [3.63, 3.8) is 0 Å². The van der Waals surface area contributed by atoms with Crippen LogP contribution in [0.2, 0.25) is 0 Å². The van der Waals surface area contributed by atoms with Gasteiger partial charge in [0.2, 0.25) is 17.7 Å². The van der Waals surface area contributed by atoms with Gasteiger partial charge in [0.25, 0.3) is 0 Å². The fourth-order valence-corrected chi connectivity index (χ4v) is 3.54. The van der Waals surface area contributed by atoms with Gasteiger partial charge in [0.15, 0.2) is 0 Å². The van der Waals surface area contributed by atoms with Gasteiger partial charge in [-0.2, -0.15) is 0 Å². The van der Waals surface area contributed by atoms with Crippen LogP contribution >= 0.6 is 0 Å². The third-order valence-corrected chi connectivity index (χ3v) is 5.43. The number of rotatable bonds is 15. The summed E-state index contributed by atoms with van der Waals surface area (Å²) in [6.45, 7) is -0.764. The van der Waals surface area contributed by atoms with E-state index in [-0.39, 0.29) is 19.3 Å². The summed E-state index contributed by atoms with van der Waals surface area (Å²) < 4.78 is 0. The number of aromatic nitrogens is 1. The normalized spacial score (nSPS) is 13.2. The van der Waals surface area contributed by atoms with Crippen LogP contribution in [0, 0.1) is 0 Å². The summed E-state index contributed by atoms with van der Waals surface area (Å²) in [6, 6.07) is 3.42. The first-order chi connectivity index (χ1) is 17.5. The number of benzene rings is 1. The number of aliphatic carboxylic acids is 3. The number of carbonyl (C=O) groups excluding carboxylic acids is 3. The fourth-order valence-electron chi connectivity index (χ4n) is 3.54. The van der Waals surface area contributed by atoms with E-state index in [0.29, 0.717) is 0 Å². The molecule has 0 saturated heterocycles. The van der Waals surface area contributed by atoms with Crippen molar-refractivity contribution in [2.45, 2.75) is 50.2 Å². The molecule has 14 heteroatoms. The van der Waals surface area contributed by atoms with Crippen molar-refractivity contribution in [3.8, 4) is 0 Å². The Balaban J connectivity index is 2.12. The van der Waals surface area contributed by atoms with Crippen LogP contribution in [0.1, 0.15) is 31.2 Å². The number of nitrogens with two attached hydrogens (primary N) is 1. The van der Waals surface area contributed by atoms with Crippen LogP contribution in [-0.4, -0.2) is 80.6 Å². The number of para-hydroxylation sites is 1. The molecule has 3 unspecified atom stereocenters. The van der Waals surface area contributed by atoms with E-state index in [9.17, 15) is 28.8 Å². The SMILES string of the molecule is NC(Cc1c[nH]c2ccccc12)C(=O)NC(CCC(=O)O)C(=O)NC(CCC(=O)O)C(=O)NCC(=O)O. The number of aromatic amines is 1. The van der Waals surface area contributed by atoms with Gasteiger partial charge in [0, 0.05) is 29.9 Å². The van der Waals surface area contributed by atoms with Crippen LogP contribution < -0.4 is 21.7 Å². The first kappa shape index (κ1) is 28.8. The molecule has 0 aliphatic carbocycles. The van der Waals surface area contributed by atoms with Crippen molar-refractivity contribution < 1.29 is 44.1 Å². The molecule has 0 bridgehead atoms. The number of carboxylic acid groups (broad SMARTS) is 3. The molecule has 0 aliphatic rings. The first-order valence-corrected chi connectivity index (χ1v) is 11.3. The number of amides is 3. The summed E-state index contributed by atoms with van der Waals surface area (Å²) in [5.41, 5.74) is 7.65. The van der Waals surface area contributed by atoms with Gasteiger partial charge in [-0.15, -0.1) is 0 Å². The van der Waals surface area contributed by atoms with Gasteiger partial charge in [-0.1, -0.05) is 18.2 Å². The second kappa shape index (κ2) is 13.6. The minimum absolute atomic E-state index is 0.113. The molecule has 3 atom stereocenters. The molecule has 9 N–H and O–H groups in total. The maximum absolute atomic E-state index is 12.9. The predicted octanol–water partition coefficient (Wildman–Crippen LogP) is -1.06. The van der Waals surface area contributed by atoms with Crippen LogP contribution in [0.15, 0.2) is 30.5 Å². The number of carboxylic acids is 3. The first-order valence-electron chi connectivity index (χ1n) is 11.3. The molecule has 0 saturated carbocycles. The van der Waals surface area contributed by atoms with Gasteiger partial charge in [-0.25, -0.2) is 0 Å². The zero-order valence-corrected chi connectivity index (χ0v) is 19.7. The van der Waals surface area contributed by atoms with Crippen molar-refractivity contribution >= 4 is 46.5 Å². The Morgan fingerprint density at radius 2 is 1.38 bits per heavy atom. The van der Waals surface area contributed by atoms with E-state index in [0.717, 1.165) is 16.5 Å². The summed E-state index contributed by atoms with van der Waals surface area (Å²) in [5, 5.41) is 34.3. The highest BCUT2D eigenvalue weighted by Gasteiger charge is 2.29. The zero-order chi connectivity index (χ0) is 27.5. The third-order valence-electron chi connectivity index (χ3n) is 5.43. The lowest BCUT2D eigenvalue weighted by Crippen LogP contribution is -2.56. The minimum atomic E-state index is -1.44. The molecular formula is C23H29N5O9. The molecule has 0 aliphatic heterocycles. The van der Waals surface area contributed by atoms with Gasteiger partial charge in [-0.3, -0.25) is 28.8 Å². The van der Waals surface area contributed by atoms with Gasteiger partial charge >= 0.3 is 17.9 Å². The number of fused-ring (bicyclic) bond motifs is 1. The van der Waals surface area contributed by atoms with E-state index in [1.165, 1.54) is 0 Å². The second-order valence-electron chi connectivity index (χ2n) is 8.27. The third kappa shape index (κ3) is 9.25. The van der Waals surface area contributed by atoms with E-state index in [1.807, 2.05) is 29.6 Å². The summed E-state index contributed by atoms with van der Waals surface area (Å²) in [5.74, 6) is -6.49. The predicted molar refractivity (Wildman–Crippen MR) is 128 cm³/mol. The monoisotopic (exact) mass is 519 g/mol. The molecular weight excluding hydrogens is 490 g/mol. The topological polar surface area (TPSA) is 241 Å². The lowest BCUT2D eigenvalue weighted by atomic mass is 10.0. The quantitative estimate of drug-likeness (QED) is 0.142. The Morgan fingerprint density at radius 1 is 0.811 bits per heavy atom. The van der Waals surface area contributed by atoms with Gasteiger partial charge in [-0.05, 0) is 30.9 Å². The maximum Gasteiger partial charge on any atom is 0.322 e. The van der Waals surface area contributed by atoms with Crippen LogP contribution in [0.3, 0.4) is 0 Å². The van der Waals surface area contributed by atoms with Gasteiger partial charge < -0.3 is 42.0 Å². The van der Waals surface area contributed by atoms with Crippen LogP contribution in [0.5, 0.6) is 0 Å². The standard InChI is InChI=1S/C23H29N5O9/c24-14(9-12-10-25-15-4-2-1-3-13(12)15)21(35)27-17(6-8-19(31)32)23(37)28-16(5-7-18(29)30)22(36)26-11-20(33)34/h1-4,10,14,16-17,25H,5-9,11,24H2,(H,26,36)(H,27,35)(H,28,37)(H,29,30)(H,31,32)(H,33,34). The van der Waals surface area contributed by atoms with Crippen molar-refractivity contribution in [1.29, 1.82) is 0 Å². The Hall–Kier alpha value is -4.46. The molecule has 0 radical (unpaired) electrons. The van der Waals surface area contributed by atoms with Gasteiger partial charge in [0.1, 0.15) is 18.6 Å². The van der Waals surface area contributed by atoms with Crippen molar-refractivity contribution in [3.05, 3.63) is 36.0 Å². The highest BCUT2D eigenvalue weighted by Crippen LogP contribution is 2.18. The zero-order valence-electron chi connectivity index (χ0n) is 19.7. The second-order valence-corrected chi connectivity index (χ2v) is 8.27. The van der Waals surface area contributed by atoms with E-state index in [1.54, 1.807) is 6.20 Å². The molecule has 200 valence electrons. The minimum Gasteiger partial charge on any atom is -0.481 e. The molecule has 0 spiro atoms. The molecule has 1 aromatic carbocycles. The molecule has 37 heavy (non-hydrogen) atoms. The van der Waals surface area contributed by atoms with E-state index in [4.69, 9.17) is 21.1 Å². The van der Waals surface area contributed by atoms with Crippen LogP contribution in [0.4, 0.5) is 0 Å². The van der Waals surface area contributed by atoms with E-state index in [2.05, 4.69) is 15.6 Å². The number of H-pyrrole nitrogens is 1. The molecule has 2 aromatic rings. The van der Waals surface area contributed by atoms with Crippen molar-refractivity contribution in [2.75, 3.05) is 6.54 Å². The average Bonchev–Trinajstić information content (AvgIpc) is 3.24. The van der Waals surface area contributed by atoms with Crippen LogP contribution in [0.25, 0.3) is 10.9 Å². The summed E-state index contributed by atoms with van der Waals surface area (Å²) in [4.78, 5) is 73.8. The molecule has 2 rings (SSSR count). The largest absolute Gasteiger partial charge is 0.481 e. The summed E-state index contributed by atoms with van der Waals surface area (Å²) >= 11 is 0. The lowest BCUT2D eigenvalue weighted by molar-refractivity contribution is -0.140. The smallest absolute Gasteiger partial charge is 0.322 e. The van der Waals surface area contributed by atoms with E-state index < -0.39 is 73.1 Å². The Morgan fingerprint density at radius 3 is 1.97 bits per heavy atom. The summed E-state index contributed by atoms with van der Waals surface area (Å²) in [7, 11) is 0. The lowest BCUT2D eigenvalue weighted by Gasteiger charge is -2.23. The Bertz CT molecular complexity index is 1160. The Labute approximate surface area is 210 Å². The average molecular weight is 520 g/mol. The van der Waals surface area contributed by atoms with Crippen LogP contribution in [-0.2, 0) is 35.2 Å². The molecule has 0 fully saturated rings. The fraction of sp³-hybridized carbons (Fsp3) is 0.391. The number of hydrogen-bond donors (Lipinski definition) is 8. The van der Waals surface area contributed by atoms with Gasteiger partial charge in [0.05, 0.1) is 6.04 Å². The Kier molecular flexibility index (Phi) is 10.6. The van der Waals surface area contributed by atoms with E-state index >= 15 is 0 Å².